The molecule has 0 saturated heterocycles. The molecule has 5 aromatic carbocycles. The van der Waals surface area contributed by atoms with Crippen LogP contribution in [0.5, 0.6) is 0 Å². The summed E-state index contributed by atoms with van der Waals surface area (Å²) >= 11 is 0. The molecule has 0 radical (unpaired) electrons. The van der Waals surface area contributed by atoms with Crippen LogP contribution in [0.15, 0.2) is 140 Å². The predicted molar refractivity (Wildman–Crippen MR) is 166 cm³/mol. The minimum absolute atomic E-state index is 0.862. The van der Waals surface area contributed by atoms with Crippen molar-refractivity contribution < 1.29 is 0 Å². The molecule has 8 aromatic rings. The second-order valence-electron chi connectivity index (χ2n) is 10.1. The monoisotopic (exact) mass is 509 g/mol. The van der Waals surface area contributed by atoms with Crippen LogP contribution in [0, 0.1) is 0 Å². The topological polar surface area (TPSA) is 38.7 Å². The molecule has 0 unspecified atom stereocenters. The summed E-state index contributed by atoms with van der Waals surface area (Å²) in [7, 11) is 0. The smallest absolute Gasteiger partial charge is 0.0893 e. The van der Waals surface area contributed by atoms with Crippen LogP contribution in [0.2, 0.25) is 0 Å². The molecule has 3 heteroatoms. The van der Waals surface area contributed by atoms with Crippen molar-refractivity contribution in [3.8, 4) is 33.8 Å². The summed E-state index contributed by atoms with van der Waals surface area (Å²) in [6.45, 7) is 0. The van der Waals surface area contributed by atoms with Crippen molar-refractivity contribution in [2.75, 3.05) is 0 Å². The lowest BCUT2D eigenvalue weighted by molar-refractivity contribution is 1.25. The van der Waals surface area contributed by atoms with Gasteiger partial charge in [-0.1, -0.05) is 103 Å². The molecular weight excluding hydrogens is 486 g/mol. The van der Waals surface area contributed by atoms with Gasteiger partial charge in [-0.05, 0) is 46.7 Å². The molecule has 0 fully saturated rings. The first kappa shape index (κ1) is 22.6. The maximum Gasteiger partial charge on any atom is 0.0893 e. The summed E-state index contributed by atoms with van der Waals surface area (Å²) < 4.78 is 0. The van der Waals surface area contributed by atoms with E-state index in [1.165, 1.54) is 16.3 Å². The van der Waals surface area contributed by atoms with Crippen molar-refractivity contribution in [3.05, 3.63) is 140 Å². The van der Waals surface area contributed by atoms with Crippen molar-refractivity contribution in [1.82, 2.24) is 15.0 Å². The van der Waals surface area contributed by atoms with E-state index in [1.807, 2.05) is 24.3 Å². The van der Waals surface area contributed by atoms with Crippen molar-refractivity contribution in [2.45, 2.75) is 0 Å². The first-order valence-corrected chi connectivity index (χ1v) is 13.5. The molecule has 3 nitrogen and oxygen atoms in total. The Hall–Kier alpha value is -5.41. The minimum Gasteiger partial charge on any atom is -0.255 e. The van der Waals surface area contributed by atoms with Crippen LogP contribution < -0.4 is 0 Å². The third-order valence-corrected chi connectivity index (χ3v) is 7.69. The second kappa shape index (κ2) is 9.11. The Morgan fingerprint density at radius 2 is 0.975 bits per heavy atom. The number of hydrogen-bond donors (Lipinski definition) is 0. The maximum atomic E-state index is 5.33. The van der Waals surface area contributed by atoms with Crippen LogP contribution in [0.1, 0.15) is 0 Å². The summed E-state index contributed by atoms with van der Waals surface area (Å²) in [5.41, 5.74) is 8.10. The summed E-state index contributed by atoms with van der Waals surface area (Å²) in [4.78, 5) is 14.8. The molecular formula is C37H23N3. The van der Waals surface area contributed by atoms with Crippen molar-refractivity contribution in [1.29, 1.82) is 0 Å². The highest BCUT2D eigenvalue weighted by Gasteiger charge is 2.16. The Balaban J connectivity index is 1.41. The molecule has 0 aliphatic carbocycles. The van der Waals surface area contributed by atoms with Crippen molar-refractivity contribution in [3.63, 3.8) is 0 Å². The molecule has 8 rings (SSSR count). The molecule has 0 N–H and O–H groups in total. The molecule has 0 spiro atoms. The Morgan fingerprint density at radius 1 is 0.375 bits per heavy atom. The van der Waals surface area contributed by atoms with Crippen LogP contribution in [0.25, 0.3) is 77.1 Å². The Kier molecular flexibility index (Phi) is 5.14. The number of pyridine rings is 3. The number of benzene rings is 5. The van der Waals surface area contributed by atoms with E-state index < -0.39 is 0 Å². The standard InChI is InChI=1S/C37H23N3/c1-3-13-28-24(9-1)18-20-30-35(31-21-19-25-10-2-4-14-29(25)37(31)40-36(28)30)27-12-7-11-26(23-27)32-16-8-17-34(39-32)33-15-5-6-22-38-33/h1-23H. The van der Waals surface area contributed by atoms with Gasteiger partial charge in [-0.15, -0.1) is 0 Å². The fourth-order valence-corrected chi connectivity index (χ4v) is 5.81. The minimum atomic E-state index is 0.862. The zero-order valence-electron chi connectivity index (χ0n) is 21.6. The van der Waals surface area contributed by atoms with E-state index in [0.717, 1.165) is 60.8 Å². The van der Waals surface area contributed by atoms with E-state index in [-0.39, 0.29) is 0 Å². The van der Waals surface area contributed by atoms with Gasteiger partial charge >= 0.3 is 0 Å². The molecule has 0 atom stereocenters. The van der Waals surface area contributed by atoms with Gasteiger partial charge in [-0.25, -0.2) is 9.97 Å². The average molecular weight is 510 g/mol. The quantitative estimate of drug-likeness (QED) is 0.176. The fraction of sp³-hybridized carbons (Fsp3) is 0. The lowest BCUT2D eigenvalue weighted by Gasteiger charge is -2.15. The van der Waals surface area contributed by atoms with E-state index in [1.54, 1.807) is 6.20 Å². The lowest BCUT2D eigenvalue weighted by Crippen LogP contribution is -1.93. The van der Waals surface area contributed by atoms with E-state index in [2.05, 4.69) is 114 Å². The largest absolute Gasteiger partial charge is 0.255 e. The normalized spacial score (nSPS) is 11.5. The highest BCUT2D eigenvalue weighted by Crippen LogP contribution is 2.40. The predicted octanol–water partition coefficient (Wildman–Crippen LogP) is 9.49. The van der Waals surface area contributed by atoms with Crippen LogP contribution >= 0.6 is 0 Å². The molecule has 0 amide bonds. The van der Waals surface area contributed by atoms with Crippen molar-refractivity contribution in [2.24, 2.45) is 0 Å². The first-order valence-electron chi connectivity index (χ1n) is 13.5. The molecule has 0 aliphatic rings. The van der Waals surface area contributed by atoms with Gasteiger partial charge in [0, 0.05) is 38.9 Å². The molecule has 3 aromatic heterocycles. The summed E-state index contributed by atoms with van der Waals surface area (Å²) in [5.74, 6) is 0. The van der Waals surface area contributed by atoms with Crippen LogP contribution in [0.4, 0.5) is 0 Å². The molecule has 3 heterocycles. The van der Waals surface area contributed by atoms with E-state index in [0.29, 0.717) is 0 Å². The van der Waals surface area contributed by atoms with Gasteiger partial charge in [-0.3, -0.25) is 4.98 Å². The van der Waals surface area contributed by atoms with Gasteiger partial charge in [0.1, 0.15) is 0 Å². The third kappa shape index (κ3) is 3.63. The SMILES string of the molecule is c1ccc(-c2cccc(-c3cccc(-c4c5ccc6ccccc6c5nc5c4ccc4ccccc45)c3)n2)nc1. The zero-order valence-corrected chi connectivity index (χ0v) is 21.6. The molecule has 186 valence electrons. The van der Waals surface area contributed by atoms with Crippen LogP contribution in [-0.4, -0.2) is 15.0 Å². The number of hydrogen-bond acceptors (Lipinski definition) is 3. The fourth-order valence-electron chi connectivity index (χ4n) is 5.81. The molecule has 0 aliphatic heterocycles. The Bertz CT molecular complexity index is 2120. The molecule has 0 saturated carbocycles. The van der Waals surface area contributed by atoms with Gasteiger partial charge in [0.2, 0.25) is 0 Å². The highest BCUT2D eigenvalue weighted by molar-refractivity contribution is 6.21. The van der Waals surface area contributed by atoms with Gasteiger partial charge in [-0.2, -0.15) is 0 Å². The average Bonchev–Trinajstić information content (AvgIpc) is 3.04. The maximum absolute atomic E-state index is 5.33. The lowest BCUT2D eigenvalue weighted by atomic mass is 9.91. The molecule has 40 heavy (non-hydrogen) atoms. The van der Waals surface area contributed by atoms with Gasteiger partial charge in [0.05, 0.1) is 28.1 Å². The van der Waals surface area contributed by atoms with E-state index in [4.69, 9.17) is 9.97 Å². The van der Waals surface area contributed by atoms with Crippen LogP contribution in [0.3, 0.4) is 0 Å². The Morgan fingerprint density at radius 3 is 1.68 bits per heavy atom. The van der Waals surface area contributed by atoms with E-state index >= 15 is 0 Å². The number of rotatable bonds is 3. The van der Waals surface area contributed by atoms with Gasteiger partial charge in [0.15, 0.2) is 0 Å². The van der Waals surface area contributed by atoms with E-state index in [9.17, 15) is 0 Å². The van der Waals surface area contributed by atoms with Gasteiger partial charge < -0.3 is 0 Å². The zero-order chi connectivity index (χ0) is 26.5. The van der Waals surface area contributed by atoms with Gasteiger partial charge in [0.25, 0.3) is 0 Å². The second-order valence-corrected chi connectivity index (χ2v) is 10.1. The molecule has 0 bridgehead atoms. The highest BCUT2D eigenvalue weighted by atomic mass is 14.8. The third-order valence-electron chi connectivity index (χ3n) is 7.69. The van der Waals surface area contributed by atoms with Crippen molar-refractivity contribution >= 4 is 43.4 Å². The Labute approximate surface area is 231 Å². The summed E-state index contributed by atoms with van der Waals surface area (Å²) in [6, 6.07) is 46.6. The number of aromatic nitrogens is 3. The number of nitrogens with zero attached hydrogens (tertiary/aromatic N) is 3. The number of fused-ring (bicyclic) bond motifs is 6. The first-order chi connectivity index (χ1) is 19.8. The summed E-state index contributed by atoms with van der Waals surface area (Å²) in [6.07, 6.45) is 1.80. The summed E-state index contributed by atoms with van der Waals surface area (Å²) in [5, 5.41) is 7.01. The van der Waals surface area contributed by atoms with Crippen LogP contribution in [-0.2, 0) is 0 Å².